The molecular weight excluding hydrogens is 286 g/mol. The van der Waals surface area contributed by atoms with Gasteiger partial charge in [0.15, 0.2) is 0 Å². The minimum absolute atomic E-state index is 0.136. The van der Waals surface area contributed by atoms with Crippen LogP contribution in [0.25, 0.3) is 10.2 Å². The molecule has 0 radical (unpaired) electrons. The number of fused-ring (bicyclic) bond motifs is 1. The van der Waals surface area contributed by atoms with E-state index in [0.717, 1.165) is 42.0 Å². The number of hydrogen-bond acceptors (Lipinski definition) is 6. The minimum Gasteiger partial charge on any atom is -0.383 e. The lowest BCUT2D eigenvalue weighted by Gasteiger charge is -2.30. The second-order valence-electron chi connectivity index (χ2n) is 5.33. The third-order valence-electron chi connectivity index (χ3n) is 3.97. The van der Waals surface area contributed by atoms with Crippen LogP contribution in [0.15, 0.2) is 11.4 Å². The van der Waals surface area contributed by atoms with Gasteiger partial charge < -0.3 is 11.1 Å². The van der Waals surface area contributed by atoms with Gasteiger partial charge in [0.25, 0.3) is 0 Å². The van der Waals surface area contributed by atoms with Crippen LogP contribution >= 0.6 is 11.3 Å². The van der Waals surface area contributed by atoms with Crippen molar-refractivity contribution >= 4 is 33.3 Å². The molecule has 1 fully saturated rings. The minimum atomic E-state index is 0.136. The van der Waals surface area contributed by atoms with Crippen molar-refractivity contribution in [3.05, 3.63) is 17.3 Å². The van der Waals surface area contributed by atoms with Crippen molar-refractivity contribution < 1.29 is 4.79 Å². The molecule has 0 bridgehead atoms. The van der Waals surface area contributed by atoms with Gasteiger partial charge in [0.2, 0.25) is 5.91 Å². The molecule has 3 rings (SSSR count). The van der Waals surface area contributed by atoms with Gasteiger partial charge in [-0.2, -0.15) is 0 Å². The number of amides is 1. The highest BCUT2D eigenvalue weighted by molar-refractivity contribution is 7.16. The van der Waals surface area contributed by atoms with Crippen LogP contribution in [0.4, 0.5) is 5.82 Å². The van der Waals surface area contributed by atoms with Gasteiger partial charge in [0.1, 0.15) is 16.5 Å². The molecule has 6 nitrogen and oxygen atoms in total. The van der Waals surface area contributed by atoms with E-state index < -0.39 is 0 Å². The van der Waals surface area contributed by atoms with Crippen LogP contribution < -0.4 is 11.1 Å². The van der Waals surface area contributed by atoms with E-state index in [0.29, 0.717) is 12.4 Å². The van der Waals surface area contributed by atoms with Crippen molar-refractivity contribution in [3.8, 4) is 0 Å². The molecule has 2 aromatic rings. The monoisotopic (exact) mass is 305 g/mol. The third-order valence-corrected chi connectivity index (χ3v) is 4.78. The van der Waals surface area contributed by atoms with Gasteiger partial charge in [-0.1, -0.05) is 0 Å². The molecule has 21 heavy (non-hydrogen) atoms. The summed E-state index contributed by atoms with van der Waals surface area (Å²) in [5.41, 5.74) is 5.97. The zero-order chi connectivity index (χ0) is 14.8. The summed E-state index contributed by atoms with van der Waals surface area (Å²) in [6.45, 7) is 2.48. The highest BCUT2D eigenvalue weighted by Gasteiger charge is 2.24. The number of carbonyl (C=O) groups is 1. The second kappa shape index (κ2) is 5.95. The van der Waals surface area contributed by atoms with Crippen molar-refractivity contribution in [3.63, 3.8) is 0 Å². The topological polar surface area (TPSA) is 84.1 Å². The van der Waals surface area contributed by atoms with Gasteiger partial charge in [-0.25, -0.2) is 9.97 Å². The number of rotatable bonds is 3. The maximum absolute atomic E-state index is 11.6. The number of hydrogen-bond donors (Lipinski definition) is 2. The molecule has 112 valence electrons. The van der Waals surface area contributed by atoms with E-state index in [2.05, 4.69) is 20.2 Å². The molecule has 0 atom stereocenters. The number of anilines is 1. The van der Waals surface area contributed by atoms with Gasteiger partial charge in [0.05, 0.1) is 11.9 Å². The molecule has 0 unspecified atom stereocenters. The number of carbonyl (C=O) groups excluding carboxylic acids is 1. The highest BCUT2D eigenvalue weighted by atomic mass is 32.1. The number of piperidine rings is 1. The summed E-state index contributed by atoms with van der Waals surface area (Å²) in [6, 6.07) is 1.95. The first-order valence-electron chi connectivity index (χ1n) is 7.11. The van der Waals surface area contributed by atoms with Crippen molar-refractivity contribution in [1.82, 2.24) is 20.2 Å². The molecule has 1 aliphatic rings. The Labute approximate surface area is 127 Å². The van der Waals surface area contributed by atoms with Crippen LogP contribution in [-0.4, -0.2) is 40.9 Å². The van der Waals surface area contributed by atoms with Gasteiger partial charge in [-0.3, -0.25) is 9.69 Å². The molecule has 1 saturated heterocycles. The van der Waals surface area contributed by atoms with Gasteiger partial charge >= 0.3 is 0 Å². The Bertz CT molecular complexity index is 648. The molecule has 0 saturated carbocycles. The second-order valence-corrected chi connectivity index (χ2v) is 6.22. The fraction of sp³-hybridized carbons (Fsp3) is 0.500. The predicted octanol–water partition coefficient (Wildman–Crippen LogP) is 1.23. The third kappa shape index (κ3) is 2.98. The van der Waals surface area contributed by atoms with Crippen LogP contribution in [-0.2, 0) is 11.3 Å². The molecule has 2 aromatic heterocycles. The Hall–Kier alpha value is -1.73. The smallest absolute Gasteiger partial charge is 0.222 e. The first-order valence-corrected chi connectivity index (χ1v) is 7.99. The number of thiophene rings is 1. The SMILES string of the molecule is CNC(=O)C1CCN(Cc2nc(N)c3ccsc3n2)CC1. The number of nitrogens with zero attached hydrogens (tertiary/aromatic N) is 3. The summed E-state index contributed by atoms with van der Waals surface area (Å²) in [5.74, 6) is 1.60. The maximum Gasteiger partial charge on any atom is 0.222 e. The quantitative estimate of drug-likeness (QED) is 0.891. The summed E-state index contributed by atoms with van der Waals surface area (Å²) >= 11 is 1.58. The number of nitrogens with one attached hydrogen (secondary N) is 1. The summed E-state index contributed by atoms with van der Waals surface area (Å²) in [5, 5.41) is 5.64. The summed E-state index contributed by atoms with van der Waals surface area (Å²) in [4.78, 5) is 23.8. The zero-order valence-corrected chi connectivity index (χ0v) is 12.8. The van der Waals surface area contributed by atoms with E-state index in [1.54, 1.807) is 18.4 Å². The summed E-state index contributed by atoms with van der Waals surface area (Å²) in [7, 11) is 1.70. The van der Waals surface area contributed by atoms with Crippen LogP contribution in [0.5, 0.6) is 0 Å². The van der Waals surface area contributed by atoms with E-state index in [1.807, 2.05) is 11.4 Å². The fourth-order valence-corrected chi connectivity index (χ4v) is 3.54. The molecule has 1 aliphatic heterocycles. The number of aromatic nitrogens is 2. The molecule has 1 amide bonds. The molecule has 7 heteroatoms. The van der Waals surface area contributed by atoms with E-state index in [4.69, 9.17) is 5.73 Å². The van der Waals surface area contributed by atoms with E-state index >= 15 is 0 Å². The van der Waals surface area contributed by atoms with Crippen molar-refractivity contribution in [2.75, 3.05) is 25.9 Å². The molecule has 0 aliphatic carbocycles. The van der Waals surface area contributed by atoms with Gasteiger partial charge in [-0.05, 0) is 37.4 Å². The van der Waals surface area contributed by atoms with Gasteiger partial charge in [-0.15, -0.1) is 11.3 Å². The van der Waals surface area contributed by atoms with Crippen LogP contribution in [0.3, 0.4) is 0 Å². The lowest BCUT2D eigenvalue weighted by Crippen LogP contribution is -2.39. The normalized spacial score (nSPS) is 17.2. The van der Waals surface area contributed by atoms with Crippen LogP contribution in [0.2, 0.25) is 0 Å². The fourth-order valence-electron chi connectivity index (χ4n) is 2.75. The van der Waals surface area contributed by atoms with Crippen molar-refractivity contribution in [2.24, 2.45) is 5.92 Å². The van der Waals surface area contributed by atoms with E-state index in [9.17, 15) is 4.79 Å². The average molecular weight is 305 g/mol. The van der Waals surface area contributed by atoms with Crippen molar-refractivity contribution in [1.29, 1.82) is 0 Å². The summed E-state index contributed by atoms with van der Waals surface area (Å²) < 4.78 is 0. The summed E-state index contributed by atoms with van der Waals surface area (Å²) in [6.07, 6.45) is 1.77. The first-order chi connectivity index (χ1) is 10.2. The molecule has 3 N–H and O–H groups in total. The maximum atomic E-state index is 11.6. The number of likely N-dealkylation sites (tertiary alicyclic amines) is 1. The number of nitrogens with two attached hydrogens (primary N) is 1. The largest absolute Gasteiger partial charge is 0.383 e. The van der Waals surface area contributed by atoms with Gasteiger partial charge in [0, 0.05) is 13.0 Å². The average Bonchev–Trinajstić information content (AvgIpc) is 2.96. The Kier molecular flexibility index (Phi) is 4.03. The predicted molar refractivity (Wildman–Crippen MR) is 83.9 cm³/mol. The lowest BCUT2D eigenvalue weighted by atomic mass is 9.96. The Morgan fingerprint density at radius 3 is 2.95 bits per heavy atom. The lowest BCUT2D eigenvalue weighted by molar-refractivity contribution is -0.125. The number of nitrogen functional groups attached to an aromatic ring is 1. The van der Waals surface area contributed by atoms with E-state index in [1.165, 1.54) is 0 Å². The molecular formula is C14H19N5OS. The molecule has 0 aromatic carbocycles. The Morgan fingerprint density at radius 2 is 2.24 bits per heavy atom. The first kappa shape index (κ1) is 14.2. The standard InChI is InChI=1S/C14H19N5OS/c1-16-13(20)9-2-5-19(6-3-9)8-11-17-12(15)10-4-7-21-14(10)18-11/h4,7,9H,2-3,5-6,8H2,1H3,(H,16,20)(H2,15,17,18). The Balaban J connectivity index is 1.65. The zero-order valence-electron chi connectivity index (χ0n) is 12.0. The van der Waals surface area contributed by atoms with Crippen molar-refractivity contribution in [2.45, 2.75) is 19.4 Å². The molecule has 3 heterocycles. The van der Waals surface area contributed by atoms with Crippen LogP contribution in [0, 0.1) is 5.92 Å². The Morgan fingerprint density at radius 1 is 1.48 bits per heavy atom. The van der Waals surface area contributed by atoms with Crippen LogP contribution in [0.1, 0.15) is 18.7 Å². The van der Waals surface area contributed by atoms with E-state index in [-0.39, 0.29) is 11.8 Å². The molecule has 0 spiro atoms. The highest BCUT2D eigenvalue weighted by Crippen LogP contribution is 2.24.